The molecule has 9 heteroatoms. The Kier molecular flexibility index (Phi) is 6.73. The van der Waals surface area contributed by atoms with E-state index in [4.69, 9.17) is 13.9 Å². The molecular weight excluding hydrogens is 478 g/mol. The molecule has 0 radical (unpaired) electrons. The van der Waals surface area contributed by atoms with Gasteiger partial charge in [0.05, 0.1) is 23.5 Å². The number of furan rings is 1. The predicted molar refractivity (Wildman–Crippen MR) is 136 cm³/mol. The average Bonchev–Trinajstić information content (AvgIpc) is 3.54. The first kappa shape index (κ1) is 23.6. The van der Waals surface area contributed by atoms with Gasteiger partial charge in [-0.25, -0.2) is 4.98 Å². The number of aromatic nitrogens is 1. The van der Waals surface area contributed by atoms with Gasteiger partial charge in [-0.05, 0) is 43.7 Å². The molecule has 0 saturated carbocycles. The number of fused-ring (bicyclic) bond motifs is 1. The number of aryl methyl sites for hydroxylation is 2. The van der Waals surface area contributed by atoms with Crippen LogP contribution in [-0.4, -0.2) is 30.0 Å². The quantitative estimate of drug-likeness (QED) is 0.388. The molecule has 1 aliphatic heterocycles. The number of anilines is 1. The second kappa shape index (κ2) is 10.2. The van der Waals surface area contributed by atoms with E-state index in [1.807, 2.05) is 37.3 Å². The van der Waals surface area contributed by atoms with Gasteiger partial charge in [0.15, 0.2) is 11.5 Å². The van der Waals surface area contributed by atoms with E-state index in [2.05, 4.69) is 10.3 Å². The SMILES string of the molecule is Cc1nc(C)c(C(=O)N(c2ccc3c(c2)OCCO3)[C@@H](C(=O)NCc2ccco2)c2ccccc2)s1. The summed E-state index contributed by atoms with van der Waals surface area (Å²) in [6, 6.07) is 17.1. The van der Waals surface area contributed by atoms with E-state index in [1.165, 1.54) is 16.2 Å². The van der Waals surface area contributed by atoms with Gasteiger partial charge in [-0.15, -0.1) is 11.3 Å². The van der Waals surface area contributed by atoms with E-state index in [-0.39, 0.29) is 18.4 Å². The average molecular weight is 504 g/mol. The Morgan fingerprint density at radius 1 is 1.03 bits per heavy atom. The van der Waals surface area contributed by atoms with Crippen LogP contribution >= 0.6 is 11.3 Å². The molecule has 1 N–H and O–H groups in total. The van der Waals surface area contributed by atoms with Crippen molar-refractivity contribution in [1.82, 2.24) is 10.3 Å². The van der Waals surface area contributed by atoms with Crippen molar-refractivity contribution in [1.29, 1.82) is 0 Å². The fourth-order valence-corrected chi connectivity index (χ4v) is 5.00. The van der Waals surface area contributed by atoms with Gasteiger partial charge in [0.2, 0.25) is 5.91 Å². The smallest absolute Gasteiger partial charge is 0.271 e. The highest BCUT2D eigenvalue weighted by molar-refractivity contribution is 7.13. The predicted octanol–water partition coefficient (Wildman–Crippen LogP) is 4.83. The van der Waals surface area contributed by atoms with Crippen LogP contribution in [0.4, 0.5) is 5.69 Å². The van der Waals surface area contributed by atoms with E-state index in [9.17, 15) is 9.59 Å². The van der Waals surface area contributed by atoms with Crippen molar-refractivity contribution in [3.05, 3.63) is 93.8 Å². The molecule has 4 aromatic rings. The minimum absolute atomic E-state index is 0.191. The van der Waals surface area contributed by atoms with Gasteiger partial charge in [-0.1, -0.05) is 30.3 Å². The number of nitrogens with one attached hydrogen (secondary N) is 1. The number of rotatable bonds is 7. The third-order valence-electron chi connectivity index (χ3n) is 5.76. The highest BCUT2D eigenvalue weighted by Gasteiger charge is 2.35. The number of carbonyl (C=O) groups excluding carboxylic acids is 2. The molecule has 1 aliphatic rings. The molecule has 5 rings (SSSR count). The summed E-state index contributed by atoms with van der Waals surface area (Å²) in [6.07, 6.45) is 1.55. The van der Waals surface area contributed by atoms with Gasteiger partial charge in [-0.3, -0.25) is 14.5 Å². The highest BCUT2D eigenvalue weighted by atomic mass is 32.1. The summed E-state index contributed by atoms with van der Waals surface area (Å²) in [6.45, 7) is 4.71. The Balaban J connectivity index is 1.61. The maximum absolute atomic E-state index is 14.1. The van der Waals surface area contributed by atoms with E-state index in [0.717, 1.165) is 5.01 Å². The molecule has 3 heterocycles. The highest BCUT2D eigenvalue weighted by Crippen LogP contribution is 2.38. The van der Waals surface area contributed by atoms with Crippen molar-refractivity contribution >= 4 is 28.8 Å². The van der Waals surface area contributed by atoms with Crippen LogP contribution in [0.3, 0.4) is 0 Å². The number of benzene rings is 2. The number of thiazole rings is 1. The molecule has 0 aliphatic carbocycles. The van der Waals surface area contributed by atoms with Crippen LogP contribution in [0.1, 0.15) is 37.7 Å². The summed E-state index contributed by atoms with van der Waals surface area (Å²) in [5.74, 6) is 1.06. The topological polar surface area (TPSA) is 93.9 Å². The van der Waals surface area contributed by atoms with Gasteiger partial charge in [0.25, 0.3) is 5.91 Å². The zero-order valence-electron chi connectivity index (χ0n) is 19.9. The van der Waals surface area contributed by atoms with Crippen molar-refractivity contribution in [2.45, 2.75) is 26.4 Å². The second-order valence-electron chi connectivity index (χ2n) is 8.26. The van der Waals surface area contributed by atoms with E-state index in [0.29, 0.717) is 52.3 Å². The molecule has 2 aromatic carbocycles. The van der Waals surface area contributed by atoms with Crippen LogP contribution in [0, 0.1) is 13.8 Å². The van der Waals surface area contributed by atoms with Crippen molar-refractivity contribution in [3.63, 3.8) is 0 Å². The first-order valence-electron chi connectivity index (χ1n) is 11.5. The molecule has 8 nitrogen and oxygen atoms in total. The van der Waals surface area contributed by atoms with E-state index in [1.54, 1.807) is 43.5 Å². The third-order valence-corrected chi connectivity index (χ3v) is 6.82. The minimum Gasteiger partial charge on any atom is -0.486 e. The minimum atomic E-state index is -0.960. The molecule has 2 aromatic heterocycles. The van der Waals surface area contributed by atoms with Crippen LogP contribution < -0.4 is 19.7 Å². The van der Waals surface area contributed by atoms with Gasteiger partial charge < -0.3 is 19.2 Å². The molecule has 1 atom stereocenters. The molecule has 0 saturated heterocycles. The first-order valence-corrected chi connectivity index (χ1v) is 12.3. The molecule has 0 spiro atoms. The number of ether oxygens (including phenoxy) is 2. The third kappa shape index (κ3) is 4.83. The second-order valence-corrected chi connectivity index (χ2v) is 9.46. The normalized spacial score (nSPS) is 13.2. The first-order chi connectivity index (χ1) is 17.5. The molecule has 36 heavy (non-hydrogen) atoms. The van der Waals surface area contributed by atoms with Crippen molar-refractivity contribution in [2.24, 2.45) is 0 Å². The van der Waals surface area contributed by atoms with E-state index >= 15 is 0 Å². The summed E-state index contributed by atoms with van der Waals surface area (Å²) < 4.78 is 16.8. The molecule has 2 amide bonds. The number of hydrogen-bond donors (Lipinski definition) is 1. The lowest BCUT2D eigenvalue weighted by Gasteiger charge is -2.32. The summed E-state index contributed by atoms with van der Waals surface area (Å²) in [7, 11) is 0. The maximum atomic E-state index is 14.1. The van der Waals surface area contributed by atoms with Crippen LogP contribution in [0.25, 0.3) is 0 Å². The number of amides is 2. The summed E-state index contributed by atoms with van der Waals surface area (Å²) >= 11 is 1.30. The van der Waals surface area contributed by atoms with Crippen molar-refractivity contribution in [3.8, 4) is 11.5 Å². The lowest BCUT2D eigenvalue weighted by molar-refractivity contribution is -0.122. The molecule has 0 unspecified atom stereocenters. The fourth-order valence-electron chi connectivity index (χ4n) is 4.14. The monoisotopic (exact) mass is 503 g/mol. The van der Waals surface area contributed by atoms with Crippen molar-refractivity contribution < 1.29 is 23.5 Å². The largest absolute Gasteiger partial charge is 0.486 e. The number of nitrogens with zero attached hydrogens (tertiary/aromatic N) is 2. The zero-order chi connectivity index (χ0) is 25.1. The fraction of sp³-hybridized carbons (Fsp3) is 0.222. The Hall–Kier alpha value is -4.11. The van der Waals surface area contributed by atoms with Gasteiger partial charge >= 0.3 is 0 Å². The van der Waals surface area contributed by atoms with Crippen LogP contribution in [0.15, 0.2) is 71.3 Å². The zero-order valence-corrected chi connectivity index (χ0v) is 20.7. The van der Waals surface area contributed by atoms with Crippen LogP contribution in [0.5, 0.6) is 11.5 Å². The Bertz CT molecular complexity index is 1370. The molecule has 0 fully saturated rings. The molecule has 0 bridgehead atoms. The summed E-state index contributed by atoms with van der Waals surface area (Å²) in [5, 5.41) is 3.70. The van der Waals surface area contributed by atoms with Gasteiger partial charge in [-0.2, -0.15) is 0 Å². The molecular formula is C27H25N3O5S. The standard InChI is InChI=1S/C27H25N3O5S/c1-17-25(36-18(2)29-17)27(32)30(20-10-11-22-23(15-20)35-14-13-34-22)24(19-7-4-3-5-8-19)26(31)28-16-21-9-6-12-33-21/h3-12,15,24H,13-14,16H2,1-2H3,(H,28,31)/t24-/m1/s1. The lowest BCUT2D eigenvalue weighted by Crippen LogP contribution is -2.44. The van der Waals surface area contributed by atoms with Crippen molar-refractivity contribution in [2.75, 3.05) is 18.1 Å². The van der Waals surface area contributed by atoms with E-state index < -0.39 is 6.04 Å². The van der Waals surface area contributed by atoms with Crippen LogP contribution in [-0.2, 0) is 11.3 Å². The maximum Gasteiger partial charge on any atom is 0.271 e. The Morgan fingerprint density at radius 3 is 2.50 bits per heavy atom. The lowest BCUT2D eigenvalue weighted by atomic mass is 10.0. The summed E-state index contributed by atoms with van der Waals surface area (Å²) in [4.78, 5) is 34.3. The van der Waals surface area contributed by atoms with Gasteiger partial charge in [0, 0.05) is 11.8 Å². The number of hydrogen-bond acceptors (Lipinski definition) is 7. The summed E-state index contributed by atoms with van der Waals surface area (Å²) in [5.41, 5.74) is 1.79. The van der Waals surface area contributed by atoms with Gasteiger partial charge in [0.1, 0.15) is 29.9 Å². The van der Waals surface area contributed by atoms with Crippen LogP contribution in [0.2, 0.25) is 0 Å². The Morgan fingerprint density at radius 2 is 1.81 bits per heavy atom. The Labute approximate surface area is 212 Å². The number of carbonyl (C=O) groups is 2. The molecule has 184 valence electrons.